The fourth-order valence-electron chi connectivity index (χ4n) is 4.99. The van der Waals surface area contributed by atoms with Crippen molar-refractivity contribution < 1.29 is 4.79 Å². The van der Waals surface area contributed by atoms with Crippen LogP contribution in [0.2, 0.25) is 0 Å². The number of benzene rings is 4. The number of aryl methyl sites for hydroxylation is 4. The van der Waals surface area contributed by atoms with Gasteiger partial charge in [-0.25, -0.2) is 4.99 Å². The first kappa shape index (κ1) is 25.9. The molecule has 0 atom stereocenters. The third-order valence-electron chi connectivity index (χ3n) is 7.57. The standard InChI is InChI=1S/C35H31N3OS/c1-23-14-16-29(18-25(23)3)36-35-38(30-17-15-24(2)26(4)19-30)34(39)33(40-35)20-28-22-37(21-27-10-6-5-7-11-27)32-13-9-8-12-31(28)32/h5-20,22H,21H2,1-4H3/b33-20-,36-35?. The number of carbonyl (C=O) groups is 1. The second-order valence-corrected chi connectivity index (χ2v) is 11.4. The molecule has 0 N–H and O–H groups in total. The van der Waals surface area contributed by atoms with Crippen LogP contribution in [0.1, 0.15) is 33.4 Å². The van der Waals surface area contributed by atoms with Crippen LogP contribution in [0.3, 0.4) is 0 Å². The number of nitrogens with zero attached hydrogens (tertiary/aromatic N) is 3. The molecule has 5 heteroatoms. The van der Waals surface area contributed by atoms with E-state index in [0.29, 0.717) is 10.1 Å². The van der Waals surface area contributed by atoms with E-state index < -0.39 is 0 Å². The highest BCUT2D eigenvalue weighted by molar-refractivity contribution is 8.19. The zero-order valence-electron chi connectivity index (χ0n) is 23.2. The van der Waals surface area contributed by atoms with Crippen LogP contribution < -0.4 is 4.90 Å². The van der Waals surface area contributed by atoms with Crippen LogP contribution in [0.5, 0.6) is 0 Å². The number of aliphatic imine (C=N–C) groups is 1. The second-order valence-electron chi connectivity index (χ2n) is 10.4. The van der Waals surface area contributed by atoms with Gasteiger partial charge in [0.25, 0.3) is 5.91 Å². The minimum Gasteiger partial charge on any atom is -0.342 e. The molecule has 1 aliphatic heterocycles. The second kappa shape index (κ2) is 10.7. The molecular weight excluding hydrogens is 510 g/mol. The number of amidine groups is 1. The SMILES string of the molecule is Cc1ccc(N=C2S/C(=C\c3cn(Cc4ccccc4)c4ccccc34)C(=O)N2c2ccc(C)c(C)c2)cc1C. The van der Waals surface area contributed by atoms with Crippen molar-refractivity contribution in [2.45, 2.75) is 34.2 Å². The van der Waals surface area contributed by atoms with Gasteiger partial charge in [-0.1, -0.05) is 60.7 Å². The van der Waals surface area contributed by atoms with Crippen molar-refractivity contribution in [3.8, 4) is 0 Å². The maximum absolute atomic E-state index is 14.0. The highest BCUT2D eigenvalue weighted by atomic mass is 32.2. The summed E-state index contributed by atoms with van der Waals surface area (Å²) in [5.74, 6) is -0.0595. The van der Waals surface area contributed by atoms with Crippen molar-refractivity contribution in [1.82, 2.24) is 4.57 Å². The van der Waals surface area contributed by atoms with Gasteiger partial charge in [0.1, 0.15) is 0 Å². The van der Waals surface area contributed by atoms with E-state index in [1.54, 1.807) is 4.90 Å². The smallest absolute Gasteiger partial charge is 0.271 e. The average Bonchev–Trinajstić information content (AvgIpc) is 3.45. The van der Waals surface area contributed by atoms with Crippen molar-refractivity contribution >= 4 is 51.2 Å². The fraction of sp³-hybridized carbons (Fsp3) is 0.143. The molecule has 4 aromatic carbocycles. The Bertz CT molecular complexity index is 1810. The minimum atomic E-state index is -0.0595. The lowest BCUT2D eigenvalue weighted by Gasteiger charge is -2.17. The summed E-state index contributed by atoms with van der Waals surface area (Å²) in [4.78, 5) is 21.4. The molecule has 0 saturated carbocycles. The molecule has 4 nitrogen and oxygen atoms in total. The Hall–Kier alpha value is -4.35. The number of thioether (sulfide) groups is 1. The van der Waals surface area contributed by atoms with Crippen LogP contribution in [0.25, 0.3) is 17.0 Å². The third kappa shape index (κ3) is 5.01. The molecule has 0 unspecified atom stereocenters. The Balaban J connectivity index is 1.44. The van der Waals surface area contributed by atoms with Crippen LogP contribution in [0.4, 0.5) is 11.4 Å². The van der Waals surface area contributed by atoms with Crippen LogP contribution in [-0.2, 0) is 11.3 Å². The summed E-state index contributed by atoms with van der Waals surface area (Å²) >= 11 is 1.43. The molecule has 5 aromatic rings. The molecular formula is C35H31N3OS. The van der Waals surface area contributed by atoms with Crippen molar-refractivity contribution in [2.24, 2.45) is 4.99 Å². The molecule has 2 heterocycles. The van der Waals surface area contributed by atoms with Gasteiger partial charge >= 0.3 is 0 Å². The number of anilines is 1. The number of amides is 1. The van der Waals surface area contributed by atoms with Gasteiger partial charge in [-0.15, -0.1) is 0 Å². The summed E-state index contributed by atoms with van der Waals surface area (Å²) in [7, 11) is 0. The van der Waals surface area contributed by atoms with Crippen LogP contribution in [-0.4, -0.2) is 15.6 Å². The molecule has 6 rings (SSSR count). The van der Waals surface area contributed by atoms with E-state index >= 15 is 0 Å². The molecule has 0 aliphatic carbocycles. The van der Waals surface area contributed by atoms with Crippen molar-refractivity contribution in [3.05, 3.63) is 135 Å². The van der Waals surface area contributed by atoms with E-state index in [1.807, 2.05) is 24.3 Å². The lowest BCUT2D eigenvalue weighted by Crippen LogP contribution is -2.28. The van der Waals surface area contributed by atoms with Gasteiger partial charge in [-0.05, 0) is 104 Å². The Morgan fingerprint density at radius 3 is 2.23 bits per heavy atom. The van der Waals surface area contributed by atoms with Gasteiger partial charge < -0.3 is 4.57 Å². The Kier molecular flexibility index (Phi) is 6.91. The first-order chi connectivity index (χ1) is 19.4. The normalized spacial score (nSPS) is 15.6. The van der Waals surface area contributed by atoms with Gasteiger partial charge in [0.2, 0.25) is 0 Å². The zero-order valence-corrected chi connectivity index (χ0v) is 24.0. The topological polar surface area (TPSA) is 37.6 Å². The lowest BCUT2D eigenvalue weighted by molar-refractivity contribution is -0.113. The molecule has 1 fully saturated rings. The number of hydrogen-bond acceptors (Lipinski definition) is 3. The monoisotopic (exact) mass is 541 g/mol. The minimum absolute atomic E-state index is 0.0595. The highest BCUT2D eigenvalue weighted by Crippen LogP contribution is 2.39. The van der Waals surface area contributed by atoms with Gasteiger partial charge in [0.05, 0.1) is 16.3 Å². The van der Waals surface area contributed by atoms with E-state index in [-0.39, 0.29) is 5.91 Å². The molecule has 1 saturated heterocycles. The molecule has 0 bridgehead atoms. The van der Waals surface area contributed by atoms with E-state index in [1.165, 1.54) is 34.0 Å². The number of carbonyl (C=O) groups excluding carboxylic acids is 1. The van der Waals surface area contributed by atoms with Crippen LogP contribution in [0, 0.1) is 27.7 Å². The zero-order chi connectivity index (χ0) is 27.8. The molecule has 0 radical (unpaired) electrons. The van der Waals surface area contributed by atoms with Crippen molar-refractivity contribution in [1.29, 1.82) is 0 Å². The predicted octanol–water partition coefficient (Wildman–Crippen LogP) is 8.73. The molecule has 1 aromatic heterocycles. The molecule has 1 amide bonds. The number of para-hydroxylation sites is 1. The summed E-state index contributed by atoms with van der Waals surface area (Å²) < 4.78 is 2.26. The van der Waals surface area contributed by atoms with E-state index in [2.05, 4.69) is 111 Å². The fourth-order valence-corrected chi connectivity index (χ4v) is 5.98. The first-order valence-corrected chi connectivity index (χ1v) is 14.3. The van der Waals surface area contributed by atoms with Crippen molar-refractivity contribution in [3.63, 3.8) is 0 Å². The van der Waals surface area contributed by atoms with Crippen LogP contribution in [0.15, 0.2) is 107 Å². The van der Waals surface area contributed by atoms with E-state index in [0.717, 1.165) is 39.9 Å². The summed E-state index contributed by atoms with van der Waals surface area (Å²) in [5.41, 5.74) is 9.80. The number of aromatic nitrogens is 1. The molecule has 1 aliphatic rings. The maximum atomic E-state index is 14.0. The lowest BCUT2D eigenvalue weighted by atomic mass is 10.1. The quantitative estimate of drug-likeness (QED) is 0.209. The Labute approximate surface area is 239 Å². The van der Waals surface area contributed by atoms with Crippen LogP contribution >= 0.6 is 11.8 Å². The Morgan fingerprint density at radius 1 is 0.775 bits per heavy atom. The largest absolute Gasteiger partial charge is 0.342 e. The molecule has 198 valence electrons. The maximum Gasteiger partial charge on any atom is 0.271 e. The van der Waals surface area contributed by atoms with Gasteiger partial charge in [-0.2, -0.15) is 0 Å². The molecule has 40 heavy (non-hydrogen) atoms. The molecule has 0 spiro atoms. The third-order valence-corrected chi connectivity index (χ3v) is 8.54. The van der Waals surface area contributed by atoms with Crippen molar-refractivity contribution in [2.75, 3.05) is 4.90 Å². The predicted molar refractivity (Wildman–Crippen MR) is 169 cm³/mol. The van der Waals surface area contributed by atoms with E-state index in [9.17, 15) is 4.79 Å². The highest BCUT2D eigenvalue weighted by Gasteiger charge is 2.35. The summed E-state index contributed by atoms with van der Waals surface area (Å²) in [6.07, 6.45) is 4.17. The average molecular weight is 542 g/mol. The number of rotatable bonds is 5. The summed E-state index contributed by atoms with van der Waals surface area (Å²) in [6, 6.07) is 31.1. The van der Waals surface area contributed by atoms with Gasteiger partial charge in [-0.3, -0.25) is 9.69 Å². The summed E-state index contributed by atoms with van der Waals surface area (Å²) in [5, 5.41) is 1.78. The number of fused-ring (bicyclic) bond motifs is 1. The Morgan fingerprint density at radius 2 is 1.48 bits per heavy atom. The summed E-state index contributed by atoms with van der Waals surface area (Å²) in [6.45, 7) is 9.10. The van der Waals surface area contributed by atoms with E-state index in [4.69, 9.17) is 4.99 Å². The first-order valence-electron chi connectivity index (χ1n) is 13.5. The van der Waals surface area contributed by atoms with Gasteiger partial charge in [0, 0.05) is 29.2 Å². The number of hydrogen-bond donors (Lipinski definition) is 0. The van der Waals surface area contributed by atoms with Gasteiger partial charge in [0.15, 0.2) is 5.17 Å².